The Balaban J connectivity index is 1.46. The smallest absolute Gasteiger partial charge is 0.257 e. The lowest BCUT2D eigenvalue weighted by atomic mass is 10.0. The van der Waals surface area contributed by atoms with Crippen molar-refractivity contribution in [3.63, 3.8) is 0 Å². The van der Waals surface area contributed by atoms with Gasteiger partial charge in [-0.25, -0.2) is 9.67 Å². The predicted octanol–water partition coefficient (Wildman–Crippen LogP) is 3.55. The van der Waals surface area contributed by atoms with Gasteiger partial charge in [0.25, 0.3) is 11.8 Å². The van der Waals surface area contributed by atoms with E-state index in [1.165, 1.54) is 5.56 Å². The van der Waals surface area contributed by atoms with Crippen LogP contribution in [0.4, 0.5) is 0 Å². The van der Waals surface area contributed by atoms with Crippen LogP contribution >= 0.6 is 0 Å². The van der Waals surface area contributed by atoms with E-state index in [1.54, 1.807) is 17.1 Å². The average Bonchev–Trinajstić information content (AvgIpc) is 3.29. The molecule has 0 radical (unpaired) electrons. The molecule has 0 unspecified atom stereocenters. The summed E-state index contributed by atoms with van der Waals surface area (Å²) in [7, 11) is 0. The molecular weight excluding hydrogens is 402 g/mol. The van der Waals surface area contributed by atoms with Crippen molar-refractivity contribution in [1.82, 2.24) is 24.6 Å². The third kappa shape index (κ3) is 4.28. The van der Waals surface area contributed by atoms with Gasteiger partial charge in [0.2, 0.25) is 0 Å². The number of rotatable bonds is 5. The van der Waals surface area contributed by atoms with Gasteiger partial charge < -0.3 is 9.80 Å². The van der Waals surface area contributed by atoms with Crippen molar-refractivity contribution in [2.24, 2.45) is 0 Å². The molecule has 2 amide bonds. The zero-order valence-corrected chi connectivity index (χ0v) is 18.9. The molecule has 1 fully saturated rings. The first-order chi connectivity index (χ1) is 15.5. The van der Waals surface area contributed by atoms with Crippen LogP contribution in [0.25, 0.3) is 5.82 Å². The summed E-state index contributed by atoms with van der Waals surface area (Å²) in [6.45, 7) is 8.24. The number of hydrogen-bond donors (Lipinski definition) is 0. The van der Waals surface area contributed by atoms with Gasteiger partial charge in [0.15, 0.2) is 5.82 Å². The van der Waals surface area contributed by atoms with Crippen molar-refractivity contribution in [1.29, 1.82) is 0 Å². The number of aryl methyl sites for hydroxylation is 1. The van der Waals surface area contributed by atoms with Crippen LogP contribution in [0.3, 0.4) is 0 Å². The molecule has 166 valence electrons. The van der Waals surface area contributed by atoms with Crippen molar-refractivity contribution < 1.29 is 9.59 Å². The number of benzene rings is 1. The lowest BCUT2D eigenvalue weighted by Gasteiger charge is -2.35. The minimum atomic E-state index is -0.0460. The number of carbonyl (C=O) groups excluding carboxylic acids is 2. The second-order valence-electron chi connectivity index (χ2n) is 8.33. The zero-order chi connectivity index (χ0) is 22.7. The standard InChI is InChI=1S/C25H29N5O2/c1-4-19-8-10-20(11-9-19)24(31)28-13-15-29(16-14-28)25(32)21-17-27-30(23(21)18(2)3)22-7-5-6-12-26-22/h5-12,17-18H,4,13-16H2,1-3H3. The van der Waals surface area contributed by atoms with E-state index in [-0.39, 0.29) is 17.7 Å². The molecule has 2 aromatic heterocycles. The van der Waals surface area contributed by atoms with Gasteiger partial charge in [-0.05, 0) is 42.2 Å². The van der Waals surface area contributed by atoms with Crippen molar-refractivity contribution >= 4 is 11.8 Å². The van der Waals surface area contributed by atoms with Crippen LogP contribution in [0.5, 0.6) is 0 Å². The molecule has 7 nitrogen and oxygen atoms in total. The van der Waals surface area contributed by atoms with Gasteiger partial charge in [0, 0.05) is 37.9 Å². The molecule has 0 aliphatic carbocycles. The fourth-order valence-electron chi connectivity index (χ4n) is 4.09. The molecule has 1 aromatic carbocycles. The summed E-state index contributed by atoms with van der Waals surface area (Å²) in [6.07, 6.45) is 4.30. The molecule has 0 spiro atoms. The number of nitrogens with zero attached hydrogens (tertiary/aromatic N) is 5. The Morgan fingerprint density at radius 1 is 0.938 bits per heavy atom. The highest BCUT2D eigenvalue weighted by Crippen LogP contribution is 2.24. The number of aromatic nitrogens is 3. The van der Waals surface area contributed by atoms with E-state index < -0.39 is 0 Å². The van der Waals surface area contributed by atoms with E-state index in [9.17, 15) is 9.59 Å². The SMILES string of the molecule is CCc1ccc(C(=O)N2CCN(C(=O)c3cnn(-c4ccccn4)c3C(C)C)CC2)cc1. The van der Waals surface area contributed by atoms with Gasteiger partial charge >= 0.3 is 0 Å². The molecule has 0 saturated carbocycles. The molecule has 0 N–H and O–H groups in total. The minimum absolute atomic E-state index is 0.0191. The van der Waals surface area contributed by atoms with Gasteiger partial charge in [-0.1, -0.05) is 39.0 Å². The van der Waals surface area contributed by atoms with Crippen LogP contribution in [0, 0.1) is 0 Å². The van der Waals surface area contributed by atoms with Crippen molar-refractivity contribution in [3.8, 4) is 5.82 Å². The molecule has 3 heterocycles. The van der Waals surface area contributed by atoms with E-state index in [4.69, 9.17) is 0 Å². The van der Waals surface area contributed by atoms with E-state index in [0.717, 1.165) is 12.1 Å². The maximum absolute atomic E-state index is 13.3. The molecule has 32 heavy (non-hydrogen) atoms. The van der Waals surface area contributed by atoms with E-state index in [0.29, 0.717) is 43.1 Å². The topological polar surface area (TPSA) is 71.3 Å². The third-order valence-corrected chi connectivity index (χ3v) is 5.91. The fraction of sp³-hybridized carbons (Fsp3) is 0.360. The highest BCUT2D eigenvalue weighted by atomic mass is 16.2. The van der Waals surface area contributed by atoms with Gasteiger partial charge in [0.1, 0.15) is 0 Å². The van der Waals surface area contributed by atoms with Crippen LogP contribution in [0.1, 0.15) is 58.7 Å². The monoisotopic (exact) mass is 431 g/mol. The highest BCUT2D eigenvalue weighted by molar-refractivity contribution is 5.96. The van der Waals surface area contributed by atoms with Crippen LogP contribution in [0.2, 0.25) is 0 Å². The molecule has 7 heteroatoms. The summed E-state index contributed by atoms with van der Waals surface area (Å²) in [6, 6.07) is 13.4. The van der Waals surface area contributed by atoms with Crippen molar-refractivity contribution in [3.05, 3.63) is 77.2 Å². The first-order valence-electron chi connectivity index (χ1n) is 11.2. The quantitative estimate of drug-likeness (QED) is 0.619. The number of amides is 2. The summed E-state index contributed by atoms with van der Waals surface area (Å²) in [4.78, 5) is 34.2. The highest BCUT2D eigenvalue weighted by Gasteiger charge is 2.29. The Labute approximate surface area is 188 Å². The third-order valence-electron chi connectivity index (χ3n) is 5.91. The van der Waals surface area contributed by atoms with Gasteiger partial charge in [0.05, 0.1) is 17.5 Å². The molecule has 1 aliphatic rings. The lowest BCUT2D eigenvalue weighted by molar-refractivity contribution is 0.0534. The van der Waals surface area contributed by atoms with Gasteiger partial charge in [-0.3, -0.25) is 9.59 Å². The average molecular weight is 432 g/mol. The predicted molar refractivity (Wildman–Crippen MR) is 123 cm³/mol. The summed E-state index contributed by atoms with van der Waals surface area (Å²) in [5.41, 5.74) is 3.36. The molecule has 0 atom stereocenters. The first kappa shape index (κ1) is 21.7. The number of piperazine rings is 1. The Kier molecular flexibility index (Phi) is 6.35. The van der Waals surface area contributed by atoms with E-state index >= 15 is 0 Å². The molecular formula is C25H29N5O2. The zero-order valence-electron chi connectivity index (χ0n) is 18.9. The minimum Gasteiger partial charge on any atom is -0.335 e. The number of hydrogen-bond acceptors (Lipinski definition) is 4. The second kappa shape index (κ2) is 9.34. The summed E-state index contributed by atoms with van der Waals surface area (Å²) >= 11 is 0. The van der Waals surface area contributed by atoms with Gasteiger partial charge in [-0.2, -0.15) is 5.10 Å². The lowest BCUT2D eigenvalue weighted by Crippen LogP contribution is -2.50. The Morgan fingerprint density at radius 3 is 2.16 bits per heavy atom. The van der Waals surface area contributed by atoms with E-state index in [2.05, 4.69) is 17.0 Å². The molecule has 3 aromatic rings. The molecule has 1 saturated heterocycles. The number of carbonyl (C=O) groups is 2. The Bertz CT molecular complexity index is 1080. The van der Waals surface area contributed by atoms with Crippen LogP contribution in [0.15, 0.2) is 54.9 Å². The first-order valence-corrected chi connectivity index (χ1v) is 11.2. The maximum atomic E-state index is 13.3. The normalized spacial score (nSPS) is 14.1. The Hall–Kier alpha value is -3.48. The second-order valence-corrected chi connectivity index (χ2v) is 8.33. The summed E-state index contributed by atoms with van der Waals surface area (Å²) in [5, 5.41) is 4.46. The molecule has 0 bridgehead atoms. The molecule has 1 aliphatic heterocycles. The summed E-state index contributed by atoms with van der Waals surface area (Å²) in [5.74, 6) is 0.771. The largest absolute Gasteiger partial charge is 0.335 e. The van der Waals surface area contributed by atoms with Crippen LogP contribution in [-0.4, -0.2) is 62.6 Å². The summed E-state index contributed by atoms with van der Waals surface area (Å²) < 4.78 is 1.75. The van der Waals surface area contributed by atoms with Crippen LogP contribution < -0.4 is 0 Å². The van der Waals surface area contributed by atoms with Crippen molar-refractivity contribution in [2.45, 2.75) is 33.1 Å². The number of pyridine rings is 1. The van der Waals surface area contributed by atoms with Gasteiger partial charge in [-0.15, -0.1) is 0 Å². The van der Waals surface area contributed by atoms with Crippen molar-refractivity contribution in [2.75, 3.05) is 26.2 Å². The Morgan fingerprint density at radius 2 is 1.59 bits per heavy atom. The van der Waals surface area contributed by atoms with Crippen LogP contribution in [-0.2, 0) is 6.42 Å². The maximum Gasteiger partial charge on any atom is 0.257 e. The molecule has 4 rings (SSSR count). The fourth-order valence-corrected chi connectivity index (χ4v) is 4.09. The van der Waals surface area contributed by atoms with E-state index in [1.807, 2.05) is 66.1 Å².